The van der Waals surface area contributed by atoms with Crippen molar-refractivity contribution in [2.75, 3.05) is 0 Å². The molecular formula is C17H13ClF2N6O2. The summed E-state index contributed by atoms with van der Waals surface area (Å²) in [4.78, 5) is 38.8. The first-order chi connectivity index (χ1) is 13.2. The van der Waals surface area contributed by atoms with Crippen molar-refractivity contribution in [1.82, 2.24) is 29.1 Å². The number of hydrogen-bond donors (Lipinski definition) is 1. The number of rotatable bonds is 2. The average molecular weight is 407 g/mol. The van der Waals surface area contributed by atoms with E-state index in [-0.39, 0.29) is 22.6 Å². The number of aromatic nitrogens is 6. The SMILES string of the molecule is CC(C)c1c(-n2c(=O)[nH]c(=O)c3cc(F)c(Cl)nc32)c(F)nc2c1ncn2C. The molecule has 144 valence electrons. The van der Waals surface area contributed by atoms with E-state index in [0.29, 0.717) is 16.7 Å². The number of imidazole rings is 1. The second kappa shape index (κ2) is 6.20. The number of halogens is 3. The van der Waals surface area contributed by atoms with Crippen LogP contribution in [0.5, 0.6) is 0 Å². The molecule has 0 unspecified atom stereocenters. The van der Waals surface area contributed by atoms with Crippen molar-refractivity contribution in [3.8, 4) is 5.69 Å². The number of nitrogens with one attached hydrogen (secondary N) is 1. The highest BCUT2D eigenvalue weighted by Gasteiger charge is 2.25. The minimum atomic E-state index is -0.961. The van der Waals surface area contributed by atoms with Crippen LogP contribution in [0.15, 0.2) is 22.0 Å². The molecule has 4 aromatic heterocycles. The third-order valence-corrected chi connectivity index (χ3v) is 4.67. The van der Waals surface area contributed by atoms with Crippen molar-refractivity contribution >= 4 is 33.8 Å². The minimum absolute atomic E-state index is 0.220. The predicted molar refractivity (Wildman–Crippen MR) is 99.0 cm³/mol. The topological polar surface area (TPSA) is 98.5 Å². The van der Waals surface area contributed by atoms with Gasteiger partial charge in [0.25, 0.3) is 5.56 Å². The molecular weight excluding hydrogens is 394 g/mol. The molecule has 0 radical (unpaired) electrons. The van der Waals surface area contributed by atoms with Gasteiger partial charge in [-0.05, 0) is 12.0 Å². The summed E-state index contributed by atoms with van der Waals surface area (Å²) in [6, 6.07) is 0.846. The van der Waals surface area contributed by atoms with E-state index in [1.165, 1.54) is 6.33 Å². The lowest BCUT2D eigenvalue weighted by molar-refractivity contribution is 0.571. The summed E-state index contributed by atoms with van der Waals surface area (Å²) in [5.41, 5.74) is -1.23. The molecule has 11 heteroatoms. The van der Waals surface area contributed by atoms with Crippen molar-refractivity contribution in [2.24, 2.45) is 7.05 Å². The van der Waals surface area contributed by atoms with Crippen LogP contribution in [-0.2, 0) is 7.05 Å². The van der Waals surface area contributed by atoms with Crippen molar-refractivity contribution in [3.63, 3.8) is 0 Å². The van der Waals surface area contributed by atoms with Crippen molar-refractivity contribution in [1.29, 1.82) is 0 Å². The normalized spacial score (nSPS) is 11.8. The van der Waals surface area contributed by atoms with Crippen LogP contribution < -0.4 is 11.2 Å². The maximum Gasteiger partial charge on any atom is 0.334 e. The maximum atomic E-state index is 15.1. The standard InChI is InChI=1S/C17H13ClF2N6O2/c1-6(2)9-10-15(25(3)5-21-10)23-13(20)11(9)26-14-7(16(27)24-17(26)28)4-8(19)12(18)22-14/h4-6H,1-3H3,(H,24,27,28). The van der Waals surface area contributed by atoms with Gasteiger partial charge < -0.3 is 4.57 Å². The Balaban J connectivity index is 2.27. The van der Waals surface area contributed by atoms with Crippen molar-refractivity contribution in [3.05, 3.63) is 55.7 Å². The van der Waals surface area contributed by atoms with Gasteiger partial charge in [0.1, 0.15) is 11.2 Å². The molecule has 0 bridgehead atoms. The van der Waals surface area contributed by atoms with Gasteiger partial charge in [0, 0.05) is 12.6 Å². The summed E-state index contributed by atoms with van der Waals surface area (Å²) >= 11 is 5.75. The summed E-state index contributed by atoms with van der Waals surface area (Å²) in [6.45, 7) is 3.59. The molecule has 1 N–H and O–H groups in total. The van der Waals surface area contributed by atoms with Crippen molar-refractivity contribution in [2.45, 2.75) is 19.8 Å². The second-order valence-corrected chi connectivity index (χ2v) is 6.93. The zero-order chi connectivity index (χ0) is 20.3. The molecule has 0 atom stereocenters. The number of pyridine rings is 2. The van der Waals surface area contributed by atoms with Crippen LogP contribution in [0.2, 0.25) is 5.15 Å². The number of aromatic amines is 1. The van der Waals surface area contributed by atoms with Crippen molar-refractivity contribution < 1.29 is 8.78 Å². The van der Waals surface area contributed by atoms with E-state index in [1.807, 2.05) is 0 Å². The number of hydrogen-bond acceptors (Lipinski definition) is 5. The third-order valence-electron chi connectivity index (χ3n) is 4.41. The van der Waals surface area contributed by atoms with E-state index in [2.05, 4.69) is 19.9 Å². The summed E-state index contributed by atoms with van der Waals surface area (Å²) in [5, 5.41) is -0.804. The van der Waals surface area contributed by atoms with Gasteiger partial charge in [-0.25, -0.2) is 23.7 Å². The Labute approximate surface area is 160 Å². The van der Waals surface area contributed by atoms with Crippen LogP contribution in [0.4, 0.5) is 8.78 Å². The van der Waals surface area contributed by atoms with Crippen LogP contribution in [0.3, 0.4) is 0 Å². The quantitative estimate of drug-likeness (QED) is 0.515. The van der Waals surface area contributed by atoms with E-state index >= 15 is 4.39 Å². The molecule has 0 aromatic carbocycles. The van der Waals surface area contributed by atoms with E-state index in [0.717, 1.165) is 10.6 Å². The molecule has 0 fully saturated rings. The zero-order valence-corrected chi connectivity index (χ0v) is 15.7. The molecule has 4 aromatic rings. The molecule has 8 nitrogen and oxygen atoms in total. The van der Waals surface area contributed by atoms with E-state index in [9.17, 15) is 14.0 Å². The Morgan fingerprint density at radius 1 is 1.18 bits per heavy atom. The zero-order valence-electron chi connectivity index (χ0n) is 14.9. The van der Waals surface area contributed by atoms with Gasteiger partial charge >= 0.3 is 5.69 Å². The number of nitrogens with zero attached hydrogens (tertiary/aromatic N) is 5. The molecule has 0 aliphatic rings. The van der Waals surface area contributed by atoms with Gasteiger partial charge in [-0.3, -0.25) is 9.78 Å². The molecule has 28 heavy (non-hydrogen) atoms. The Morgan fingerprint density at radius 3 is 2.57 bits per heavy atom. The Hall–Kier alpha value is -3.14. The molecule has 4 rings (SSSR count). The smallest absolute Gasteiger partial charge is 0.318 e. The second-order valence-electron chi connectivity index (χ2n) is 6.57. The van der Waals surface area contributed by atoms with Gasteiger partial charge in [-0.15, -0.1) is 0 Å². The minimum Gasteiger partial charge on any atom is -0.318 e. The first kappa shape index (κ1) is 18.2. The van der Waals surface area contributed by atoms with Crippen LogP contribution >= 0.6 is 11.6 Å². The number of aryl methyl sites for hydroxylation is 1. The molecule has 0 saturated carbocycles. The largest absolute Gasteiger partial charge is 0.334 e. The van der Waals surface area contributed by atoms with Gasteiger partial charge in [0.15, 0.2) is 22.3 Å². The monoisotopic (exact) mass is 406 g/mol. The fourth-order valence-electron chi connectivity index (χ4n) is 3.19. The van der Waals surface area contributed by atoms with Gasteiger partial charge in [0.05, 0.1) is 11.7 Å². The molecule has 0 aliphatic heterocycles. The Morgan fingerprint density at radius 2 is 1.89 bits per heavy atom. The first-order valence-corrected chi connectivity index (χ1v) is 8.60. The number of fused-ring (bicyclic) bond motifs is 2. The van der Waals surface area contributed by atoms with Crippen LogP contribution in [0.1, 0.15) is 25.3 Å². The van der Waals surface area contributed by atoms with Crippen LogP contribution in [0.25, 0.3) is 27.9 Å². The lowest BCUT2D eigenvalue weighted by Crippen LogP contribution is -2.31. The van der Waals surface area contributed by atoms with Gasteiger partial charge in [-0.1, -0.05) is 25.4 Å². The summed E-state index contributed by atoms with van der Waals surface area (Å²) in [6.07, 6.45) is 1.48. The molecule has 0 saturated heterocycles. The van der Waals surface area contributed by atoms with Crippen LogP contribution in [0, 0.1) is 11.8 Å². The van der Waals surface area contributed by atoms with Gasteiger partial charge in [-0.2, -0.15) is 9.37 Å². The Bertz CT molecular complexity index is 1390. The fraction of sp³-hybridized carbons (Fsp3) is 0.235. The third kappa shape index (κ3) is 2.52. The summed E-state index contributed by atoms with van der Waals surface area (Å²) < 4.78 is 31.3. The van der Waals surface area contributed by atoms with Crippen LogP contribution in [-0.4, -0.2) is 29.1 Å². The highest BCUT2D eigenvalue weighted by molar-refractivity contribution is 6.29. The van der Waals surface area contributed by atoms with E-state index < -0.39 is 28.2 Å². The molecule has 0 amide bonds. The maximum absolute atomic E-state index is 15.1. The molecule has 0 spiro atoms. The highest BCUT2D eigenvalue weighted by atomic mass is 35.5. The van der Waals surface area contributed by atoms with Gasteiger partial charge in [0.2, 0.25) is 5.95 Å². The highest BCUT2D eigenvalue weighted by Crippen LogP contribution is 2.31. The lowest BCUT2D eigenvalue weighted by atomic mass is 10.0. The predicted octanol–water partition coefficient (Wildman–Crippen LogP) is 2.41. The average Bonchev–Trinajstić information content (AvgIpc) is 2.97. The molecule has 4 heterocycles. The summed E-state index contributed by atoms with van der Waals surface area (Å²) in [5.74, 6) is -2.17. The molecule has 0 aliphatic carbocycles. The van der Waals surface area contributed by atoms with E-state index in [1.54, 1.807) is 25.5 Å². The van der Waals surface area contributed by atoms with E-state index in [4.69, 9.17) is 11.6 Å². The Kier molecular flexibility index (Phi) is 4.03. The first-order valence-electron chi connectivity index (χ1n) is 8.22. The fourth-order valence-corrected chi connectivity index (χ4v) is 3.33. The number of H-pyrrole nitrogens is 1. The lowest BCUT2D eigenvalue weighted by Gasteiger charge is -2.17. The summed E-state index contributed by atoms with van der Waals surface area (Å²) in [7, 11) is 1.66.